The van der Waals surface area contributed by atoms with Crippen LogP contribution in [-0.2, 0) is 11.3 Å². The Kier molecular flexibility index (Phi) is 5.29. The fourth-order valence-electron chi connectivity index (χ4n) is 3.54. The van der Waals surface area contributed by atoms with Crippen LogP contribution in [0.5, 0.6) is 0 Å². The predicted molar refractivity (Wildman–Crippen MR) is 112 cm³/mol. The monoisotopic (exact) mass is 385 g/mol. The third-order valence-corrected chi connectivity index (χ3v) is 5.02. The van der Waals surface area contributed by atoms with E-state index in [1.54, 1.807) is 12.3 Å². The Morgan fingerprint density at radius 3 is 2.69 bits per heavy atom. The van der Waals surface area contributed by atoms with Crippen LogP contribution >= 0.6 is 0 Å². The quantitative estimate of drug-likeness (QED) is 0.696. The highest BCUT2D eigenvalue weighted by Gasteiger charge is 2.25. The van der Waals surface area contributed by atoms with Crippen LogP contribution in [0.2, 0.25) is 0 Å². The highest BCUT2D eigenvalue weighted by atomic mass is 19.1. The van der Waals surface area contributed by atoms with Crippen molar-refractivity contribution in [2.24, 2.45) is 0 Å². The van der Waals surface area contributed by atoms with Crippen LogP contribution < -0.4 is 5.32 Å². The predicted octanol–water partition coefficient (Wildman–Crippen LogP) is 4.65. The number of hydrogen-bond donors (Lipinski definition) is 1. The topological polar surface area (TPSA) is 54.9 Å². The van der Waals surface area contributed by atoms with E-state index in [0.717, 1.165) is 39.1 Å². The first-order valence-electron chi connectivity index (χ1n) is 9.40. The average Bonchev–Trinajstić information content (AvgIpc) is 2.99. The molecule has 144 valence electrons. The van der Waals surface area contributed by atoms with Crippen molar-refractivity contribution < 1.29 is 9.18 Å². The average molecular weight is 385 g/mol. The first kappa shape index (κ1) is 18.7. The fraction of sp³-hybridized carbons (Fsp3) is 0.125. The molecule has 1 N–H and O–H groups in total. The van der Waals surface area contributed by atoms with Crippen LogP contribution in [0.1, 0.15) is 35.7 Å². The Bertz CT molecular complexity index is 1110. The Morgan fingerprint density at radius 1 is 1.10 bits per heavy atom. The summed E-state index contributed by atoms with van der Waals surface area (Å²) in [7, 11) is 0. The second-order valence-electron chi connectivity index (χ2n) is 6.92. The van der Waals surface area contributed by atoms with Crippen molar-refractivity contribution in [2.75, 3.05) is 0 Å². The van der Waals surface area contributed by atoms with Gasteiger partial charge in [-0.15, -0.1) is 0 Å². The zero-order valence-electron chi connectivity index (χ0n) is 16.0. The number of amides is 1. The van der Waals surface area contributed by atoms with E-state index in [9.17, 15) is 9.18 Å². The van der Waals surface area contributed by atoms with Gasteiger partial charge in [-0.05, 0) is 64.6 Å². The molecule has 0 bridgehead atoms. The van der Waals surface area contributed by atoms with Crippen LogP contribution in [0.3, 0.4) is 0 Å². The van der Waals surface area contributed by atoms with Gasteiger partial charge in [0, 0.05) is 12.7 Å². The van der Waals surface area contributed by atoms with Gasteiger partial charge < -0.3 is 5.32 Å². The number of rotatable bonds is 5. The van der Waals surface area contributed by atoms with Crippen molar-refractivity contribution >= 4 is 23.1 Å². The summed E-state index contributed by atoms with van der Waals surface area (Å²) in [6.45, 7) is 2.43. The molecule has 1 aliphatic rings. The Hall–Kier alpha value is -3.60. The van der Waals surface area contributed by atoms with Crippen LogP contribution in [0.15, 0.2) is 72.7 Å². The summed E-state index contributed by atoms with van der Waals surface area (Å²) in [5, 5.41) is 2.95. The van der Waals surface area contributed by atoms with Gasteiger partial charge in [0.25, 0.3) is 0 Å². The molecule has 2 aromatic carbocycles. The Labute approximate surface area is 168 Å². The van der Waals surface area contributed by atoms with Crippen molar-refractivity contribution in [3.05, 3.63) is 101 Å². The van der Waals surface area contributed by atoms with Crippen LogP contribution in [0.4, 0.5) is 4.39 Å². The molecule has 0 aliphatic heterocycles. The van der Waals surface area contributed by atoms with Gasteiger partial charge in [0.15, 0.2) is 0 Å². The van der Waals surface area contributed by atoms with Crippen LogP contribution in [0.25, 0.3) is 17.2 Å². The first-order valence-corrected chi connectivity index (χ1v) is 9.40. The molecule has 1 amide bonds. The maximum Gasteiger partial charge on any atom is 0.224 e. The number of carbonyl (C=O) groups is 1. The van der Waals surface area contributed by atoms with Crippen molar-refractivity contribution in [3.63, 3.8) is 0 Å². The van der Waals surface area contributed by atoms with E-state index in [4.69, 9.17) is 0 Å². The standard InChI is InChI=1S/C24H20FN3O/c1-16-21(12-19-9-10-26-15-28-19)20-8-7-18(25)11-23(20)22(16)13-24(29)27-14-17-5-3-2-4-6-17/h2-12,15H,13-14H2,1H3,(H,27,29)/b21-12-. The van der Waals surface area contributed by atoms with E-state index < -0.39 is 0 Å². The number of hydrogen-bond acceptors (Lipinski definition) is 3. The van der Waals surface area contributed by atoms with Crippen molar-refractivity contribution in [1.82, 2.24) is 15.3 Å². The lowest BCUT2D eigenvalue weighted by Gasteiger charge is -2.08. The van der Waals surface area contributed by atoms with Crippen LogP contribution in [0, 0.1) is 5.82 Å². The molecule has 1 aromatic heterocycles. The zero-order chi connectivity index (χ0) is 20.2. The summed E-state index contributed by atoms with van der Waals surface area (Å²) in [5.41, 5.74) is 6.22. The van der Waals surface area contributed by atoms with E-state index in [1.165, 1.54) is 18.5 Å². The Morgan fingerprint density at radius 2 is 1.93 bits per heavy atom. The molecule has 1 aliphatic carbocycles. The molecule has 0 fully saturated rings. The molecule has 0 saturated carbocycles. The number of halogens is 1. The SMILES string of the molecule is CC1=C(CC(=O)NCc2ccccc2)c2cc(F)ccc2/C1=C\c1ccncn1. The van der Waals surface area contributed by atoms with E-state index >= 15 is 0 Å². The number of fused-ring (bicyclic) bond motifs is 1. The normalized spacial score (nSPS) is 14.2. The molecule has 0 atom stereocenters. The lowest BCUT2D eigenvalue weighted by Crippen LogP contribution is -2.22. The maximum absolute atomic E-state index is 14.0. The van der Waals surface area contributed by atoms with Gasteiger partial charge in [0.05, 0.1) is 12.1 Å². The van der Waals surface area contributed by atoms with Gasteiger partial charge in [0.1, 0.15) is 12.1 Å². The molecule has 0 spiro atoms. The van der Waals surface area contributed by atoms with Crippen molar-refractivity contribution in [2.45, 2.75) is 19.9 Å². The minimum absolute atomic E-state index is 0.0956. The number of aromatic nitrogens is 2. The fourth-order valence-corrected chi connectivity index (χ4v) is 3.54. The second kappa shape index (κ2) is 8.19. The summed E-state index contributed by atoms with van der Waals surface area (Å²) < 4.78 is 14.0. The molecule has 0 unspecified atom stereocenters. The lowest BCUT2D eigenvalue weighted by atomic mass is 10.0. The zero-order valence-corrected chi connectivity index (χ0v) is 16.0. The molecule has 4 nitrogen and oxygen atoms in total. The molecule has 1 heterocycles. The molecular formula is C24H20FN3O. The molecule has 3 aromatic rings. The van der Waals surface area contributed by atoms with Gasteiger partial charge >= 0.3 is 0 Å². The van der Waals surface area contributed by atoms with Gasteiger partial charge in [-0.2, -0.15) is 0 Å². The molecular weight excluding hydrogens is 365 g/mol. The molecule has 29 heavy (non-hydrogen) atoms. The minimum atomic E-state index is -0.318. The minimum Gasteiger partial charge on any atom is -0.352 e. The summed E-state index contributed by atoms with van der Waals surface area (Å²) in [6.07, 6.45) is 5.31. The van der Waals surface area contributed by atoms with Crippen molar-refractivity contribution in [3.8, 4) is 0 Å². The summed E-state index contributed by atoms with van der Waals surface area (Å²) in [4.78, 5) is 20.8. The number of nitrogens with zero attached hydrogens (tertiary/aromatic N) is 2. The number of carbonyl (C=O) groups excluding carboxylic acids is 1. The highest BCUT2D eigenvalue weighted by Crippen LogP contribution is 2.43. The summed E-state index contributed by atoms with van der Waals surface area (Å²) >= 11 is 0. The van der Waals surface area contributed by atoms with Gasteiger partial charge in [-0.3, -0.25) is 4.79 Å². The van der Waals surface area contributed by atoms with E-state index in [1.807, 2.05) is 49.4 Å². The van der Waals surface area contributed by atoms with Crippen molar-refractivity contribution in [1.29, 1.82) is 0 Å². The van der Waals surface area contributed by atoms with E-state index in [-0.39, 0.29) is 18.1 Å². The molecule has 4 rings (SSSR count). The van der Waals surface area contributed by atoms with E-state index in [2.05, 4.69) is 15.3 Å². The molecule has 0 saturated heterocycles. The second-order valence-corrected chi connectivity index (χ2v) is 6.92. The summed E-state index contributed by atoms with van der Waals surface area (Å²) in [5.74, 6) is -0.413. The largest absolute Gasteiger partial charge is 0.352 e. The first-order chi connectivity index (χ1) is 14.1. The molecule has 0 radical (unpaired) electrons. The van der Waals surface area contributed by atoms with Gasteiger partial charge in [-0.1, -0.05) is 36.4 Å². The molecule has 5 heteroatoms. The number of allylic oxidation sites excluding steroid dienone is 2. The van der Waals surface area contributed by atoms with Gasteiger partial charge in [-0.25, -0.2) is 14.4 Å². The van der Waals surface area contributed by atoms with Gasteiger partial charge in [0.2, 0.25) is 5.91 Å². The number of benzene rings is 2. The Balaban J connectivity index is 1.62. The smallest absolute Gasteiger partial charge is 0.224 e. The number of nitrogens with one attached hydrogen (secondary N) is 1. The summed E-state index contributed by atoms with van der Waals surface area (Å²) in [6, 6.07) is 16.3. The van der Waals surface area contributed by atoms with E-state index in [0.29, 0.717) is 6.54 Å². The lowest BCUT2D eigenvalue weighted by molar-refractivity contribution is -0.120. The third-order valence-electron chi connectivity index (χ3n) is 5.02. The van der Waals surface area contributed by atoms with Crippen LogP contribution in [-0.4, -0.2) is 15.9 Å². The highest BCUT2D eigenvalue weighted by molar-refractivity contribution is 6.08. The maximum atomic E-state index is 14.0. The third kappa shape index (κ3) is 4.14.